The highest BCUT2D eigenvalue weighted by atomic mass is 32.2. The van der Waals surface area contributed by atoms with E-state index in [-0.39, 0.29) is 22.4 Å². The van der Waals surface area contributed by atoms with Crippen molar-refractivity contribution in [2.75, 3.05) is 11.8 Å². The average molecular weight is 472 g/mol. The Morgan fingerprint density at radius 1 is 1.21 bits per heavy atom. The smallest absolute Gasteiger partial charge is 0.276 e. The number of ether oxygens (including phenoxy) is 1. The minimum Gasteiger partial charge on any atom is -0.494 e. The van der Waals surface area contributed by atoms with Crippen molar-refractivity contribution in [3.8, 4) is 23.0 Å². The molecule has 4 aromatic rings. The van der Waals surface area contributed by atoms with E-state index < -0.39 is 5.82 Å². The molecule has 2 N–H and O–H groups in total. The molecule has 0 aliphatic heterocycles. The maximum absolute atomic E-state index is 13.2. The number of aromatic nitrogens is 6. The molecule has 0 saturated carbocycles. The van der Waals surface area contributed by atoms with Gasteiger partial charge in [0.1, 0.15) is 17.3 Å². The number of hydrogen-bond acceptors (Lipinski definition) is 9. The fourth-order valence-electron chi connectivity index (χ4n) is 3.12. The van der Waals surface area contributed by atoms with Crippen molar-refractivity contribution >= 4 is 17.9 Å². The topological polar surface area (TPSA) is 124 Å². The zero-order valence-electron chi connectivity index (χ0n) is 18.4. The van der Waals surface area contributed by atoms with Gasteiger partial charge in [0.05, 0.1) is 19.5 Å². The van der Waals surface area contributed by atoms with Crippen molar-refractivity contribution < 1.29 is 13.5 Å². The predicted octanol–water partition coefficient (Wildman–Crippen LogP) is 3.71. The number of aryl methyl sites for hydroxylation is 1. The molecule has 0 bridgehead atoms. The molecule has 0 radical (unpaired) electrons. The first-order valence-corrected chi connectivity index (χ1v) is 10.9. The lowest BCUT2D eigenvalue weighted by molar-refractivity contribution is 0.411. The van der Waals surface area contributed by atoms with Gasteiger partial charge in [-0.3, -0.25) is 9.52 Å². The summed E-state index contributed by atoms with van der Waals surface area (Å²) < 4.78 is 29.0. The summed E-state index contributed by atoms with van der Waals surface area (Å²) in [5.41, 5.74) is -0.174. The highest BCUT2D eigenvalue weighted by Gasteiger charge is 2.25. The van der Waals surface area contributed by atoms with Crippen LogP contribution in [-0.2, 0) is 0 Å². The summed E-state index contributed by atoms with van der Waals surface area (Å²) in [5, 5.41) is 8.46. The third-order valence-electron chi connectivity index (χ3n) is 5.05. The maximum atomic E-state index is 13.2. The third kappa shape index (κ3) is 4.60. The Balaban J connectivity index is 1.68. The Labute approximate surface area is 192 Å². The maximum Gasteiger partial charge on any atom is 0.276 e. The number of hydrogen-bond donors (Lipinski definition) is 2. The highest BCUT2D eigenvalue weighted by Crippen LogP contribution is 2.32. The minimum atomic E-state index is -0.486. The number of methoxy groups -OCH3 is 1. The number of pyridine rings is 1. The van der Waals surface area contributed by atoms with E-state index >= 15 is 0 Å². The molecular weight excluding hydrogens is 449 g/mol. The van der Waals surface area contributed by atoms with E-state index in [0.717, 1.165) is 12.4 Å². The fourth-order valence-corrected chi connectivity index (χ4v) is 3.87. The predicted molar refractivity (Wildman–Crippen MR) is 122 cm³/mol. The van der Waals surface area contributed by atoms with Crippen LogP contribution in [0.5, 0.6) is 5.75 Å². The van der Waals surface area contributed by atoms with E-state index in [4.69, 9.17) is 9.15 Å². The molecule has 33 heavy (non-hydrogen) atoms. The van der Waals surface area contributed by atoms with E-state index in [9.17, 15) is 9.18 Å². The second-order valence-corrected chi connectivity index (χ2v) is 8.47. The first-order valence-electron chi connectivity index (χ1n) is 10.1. The van der Waals surface area contributed by atoms with E-state index in [1.165, 1.54) is 25.3 Å². The van der Waals surface area contributed by atoms with Gasteiger partial charge in [-0.1, -0.05) is 13.8 Å². The summed E-state index contributed by atoms with van der Waals surface area (Å²) in [7, 11) is 1.48. The van der Waals surface area contributed by atoms with Gasteiger partial charge in [0.15, 0.2) is 17.3 Å². The molecule has 10 nitrogen and oxygen atoms in total. The number of nitrogens with one attached hydrogen (secondary N) is 2. The lowest BCUT2D eigenvalue weighted by Gasteiger charge is -2.19. The fraction of sp³-hybridized carbons (Fsp3) is 0.286. The molecule has 4 rings (SSSR count). The summed E-state index contributed by atoms with van der Waals surface area (Å²) in [5.74, 6) is 2.07. The summed E-state index contributed by atoms with van der Waals surface area (Å²) in [6, 6.07) is 5.20. The summed E-state index contributed by atoms with van der Waals surface area (Å²) in [6.07, 6.45) is 3.79. The van der Waals surface area contributed by atoms with Gasteiger partial charge >= 0.3 is 0 Å². The highest BCUT2D eigenvalue weighted by molar-refractivity contribution is 8.01. The van der Waals surface area contributed by atoms with Crippen LogP contribution in [0.4, 0.5) is 10.3 Å². The zero-order chi connectivity index (χ0) is 23.5. The second kappa shape index (κ2) is 9.45. The van der Waals surface area contributed by atoms with Crippen LogP contribution < -0.4 is 15.0 Å². The Morgan fingerprint density at radius 3 is 2.64 bits per heavy atom. The van der Waals surface area contributed by atoms with Gasteiger partial charge in [0.2, 0.25) is 11.8 Å². The third-order valence-corrected chi connectivity index (χ3v) is 6.13. The molecule has 0 aromatic carbocycles. The van der Waals surface area contributed by atoms with Crippen LogP contribution in [-0.4, -0.2) is 42.1 Å². The molecular formula is C21H22FN7O3S. The summed E-state index contributed by atoms with van der Waals surface area (Å²) in [4.78, 5) is 23.6. The van der Waals surface area contributed by atoms with Crippen LogP contribution in [0.15, 0.2) is 46.0 Å². The average Bonchev–Trinajstić information content (AvgIpc) is 3.43. The molecule has 2 atom stereocenters. The van der Waals surface area contributed by atoms with Crippen LogP contribution in [0.25, 0.3) is 17.3 Å². The van der Waals surface area contributed by atoms with Crippen LogP contribution in [0.2, 0.25) is 0 Å². The normalized spacial score (nSPS) is 13.0. The Bertz CT molecular complexity index is 1300. The number of rotatable bonds is 8. The lowest BCUT2D eigenvalue weighted by atomic mass is 10.1. The van der Waals surface area contributed by atoms with Crippen molar-refractivity contribution in [1.82, 2.24) is 29.7 Å². The van der Waals surface area contributed by atoms with E-state index in [0.29, 0.717) is 34.9 Å². The van der Waals surface area contributed by atoms with Crippen molar-refractivity contribution in [2.45, 2.75) is 31.9 Å². The number of furan rings is 1. The number of anilines is 1. The first-order chi connectivity index (χ1) is 15.9. The zero-order valence-corrected chi connectivity index (χ0v) is 19.2. The molecule has 12 heteroatoms. The standard InChI is InChI=1S/C21H22FN7O3S/c1-11-5-6-16(32-11)19-26-27-21(29(19)17-15(31-4)7-8-23-20(17)30)28-33-13(3)12(2)18-24-9-14(22)10-25-18/h5-10,12-13H,1-4H3,(H,23,30)(H,27,28). The van der Waals surface area contributed by atoms with Crippen molar-refractivity contribution in [2.24, 2.45) is 0 Å². The summed E-state index contributed by atoms with van der Waals surface area (Å²) >= 11 is 1.35. The lowest BCUT2D eigenvalue weighted by Crippen LogP contribution is -2.18. The molecule has 2 unspecified atom stereocenters. The van der Waals surface area contributed by atoms with Crippen LogP contribution in [0.1, 0.15) is 31.4 Å². The molecule has 0 fully saturated rings. The number of H-pyrrole nitrogens is 1. The Morgan fingerprint density at radius 2 is 1.97 bits per heavy atom. The van der Waals surface area contributed by atoms with Gasteiger partial charge in [-0.2, -0.15) is 0 Å². The van der Waals surface area contributed by atoms with Gasteiger partial charge < -0.3 is 14.1 Å². The Kier molecular flexibility index (Phi) is 6.45. The van der Waals surface area contributed by atoms with E-state index in [1.54, 1.807) is 22.8 Å². The number of aromatic amines is 1. The number of halogens is 1. The van der Waals surface area contributed by atoms with E-state index in [2.05, 4.69) is 29.9 Å². The minimum absolute atomic E-state index is 0.0362. The number of nitrogens with zero attached hydrogens (tertiary/aromatic N) is 5. The molecule has 4 aromatic heterocycles. The molecule has 0 aliphatic rings. The molecule has 0 spiro atoms. The SMILES string of the molecule is COc1cc[nH]c(=O)c1-n1c(NSC(C)C(C)c2ncc(F)cn2)nnc1-c1ccc(C)o1. The monoisotopic (exact) mass is 471 g/mol. The van der Waals surface area contributed by atoms with Crippen molar-refractivity contribution in [3.05, 3.63) is 64.5 Å². The van der Waals surface area contributed by atoms with Gasteiger partial charge in [-0.25, -0.2) is 18.9 Å². The molecule has 0 saturated heterocycles. The van der Waals surface area contributed by atoms with Crippen molar-refractivity contribution in [1.29, 1.82) is 0 Å². The first kappa shape index (κ1) is 22.5. The molecule has 0 amide bonds. The van der Waals surface area contributed by atoms with Crippen LogP contribution in [0, 0.1) is 12.7 Å². The van der Waals surface area contributed by atoms with Crippen molar-refractivity contribution in [3.63, 3.8) is 0 Å². The van der Waals surface area contributed by atoms with Gasteiger partial charge in [0.25, 0.3) is 5.56 Å². The molecule has 4 heterocycles. The van der Waals surface area contributed by atoms with Gasteiger partial charge in [-0.05, 0) is 37.1 Å². The van der Waals surface area contributed by atoms with Crippen LogP contribution in [0.3, 0.4) is 0 Å². The molecule has 172 valence electrons. The van der Waals surface area contributed by atoms with Crippen LogP contribution >= 0.6 is 11.9 Å². The quantitative estimate of drug-likeness (QED) is 0.370. The second-order valence-electron chi connectivity index (χ2n) is 7.29. The van der Waals surface area contributed by atoms with Gasteiger partial charge in [0, 0.05) is 17.4 Å². The van der Waals surface area contributed by atoms with Gasteiger partial charge in [-0.15, -0.1) is 10.2 Å². The largest absolute Gasteiger partial charge is 0.494 e. The van der Waals surface area contributed by atoms with E-state index in [1.807, 2.05) is 20.8 Å². The Hall–Kier alpha value is -3.67. The summed E-state index contributed by atoms with van der Waals surface area (Å²) in [6.45, 7) is 5.73. The molecule has 0 aliphatic carbocycles.